The minimum Gasteiger partial charge on any atom is -0.301 e. The van der Waals surface area contributed by atoms with Crippen molar-refractivity contribution in [3.8, 4) is 0 Å². The van der Waals surface area contributed by atoms with E-state index in [1.807, 2.05) is 0 Å². The normalized spacial score (nSPS) is 18.2. The molecule has 0 N–H and O–H groups in total. The zero-order chi connectivity index (χ0) is 26.2. The van der Waals surface area contributed by atoms with Crippen molar-refractivity contribution in [3.05, 3.63) is 69.2 Å². The van der Waals surface area contributed by atoms with Crippen LogP contribution < -0.4 is 0 Å². The van der Waals surface area contributed by atoms with Crippen LogP contribution in [-0.2, 0) is 22.4 Å². The molecule has 0 radical (unpaired) electrons. The van der Waals surface area contributed by atoms with Gasteiger partial charge in [0.2, 0.25) is 0 Å². The molecule has 2 amide bonds. The Kier molecular flexibility index (Phi) is 7.30. The number of nitrogens with zero attached hydrogens (tertiary/aromatic N) is 4. The van der Waals surface area contributed by atoms with E-state index in [9.17, 15) is 22.8 Å². The maximum Gasteiger partial charge on any atom is 0.416 e. The van der Waals surface area contributed by atoms with Gasteiger partial charge in [0.25, 0.3) is 5.91 Å². The maximum absolute atomic E-state index is 13.5. The number of imide groups is 1. The van der Waals surface area contributed by atoms with Gasteiger partial charge in [0.15, 0.2) is 0 Å². The lowest BCUT2D eigenvalue weighted by Gasteiger charge is -2.17. The molecule has 12 heteroatoms. The van der Waals surface area contributed by atoms with Crippen LogP contribution in [0.3, 0.4) is 0 Å². The van der Waals surface area contributed by atoms with Crippen LogP contribution in [0, 0.1) is 0 Å². The molecule has 194 valence electrons. The van der Waals surface area contributed by atoms with Crippen molar-refractivity contribution < 1.29 is 27.6 Å². The minimum atomic E-state index is -4.54. The molecule has 3 aromatic rings. The number of thioether (sulfide) groups is 1. The Morgan fingerprint density at radius 2 is 1.89 bits per heavy atom. The lowest BCUT2D eigenvalue weighted by atomic mass is 10.1. The molecule has 2 fully saturated rings. The molecule has 5 rings (SSSR count). The van der Waals surface area contributed by atoms with Crippen LogP contribution in [0.4, 0.5) is 18.0 Å². The summed E-state index contributed by atoms with van der Waals surface area (Å²) in [7, 11) is 0. The number of benzene rings is 2. The summed E-state index contributed by atoms with van der Waals surface area (Å²) in [6.45, 7) is 2.80. The van der Waals surface area contributed by atoms with Gasteiger partial charge in [-0.2, -0.15) is 18.3 Å². The predicted octanol–water partition coefficient (Wildman–Crippen LogP) is 5.82. The van der Waals surface area contributed by atoms with Crippen LogP contribution in [0.5, 0.6) is 0 Å². The number of carbonyl (C=O) groups is 2. The molecule has 1 aromatic heterocycles. The Bertz CT molecular complexity index is 1390. The second-order valence-electron chi connectivity index (χ2n) is 8.78. The fourth-order valence-electron chi connectivity index (χ4n) is 4.42. The lowest BCUT2D eigenvalue weighted by molar-refractivity contribution is -0.160. The summed E-state index contributed by atoms with van der Waals surface area (Å²) in [6, 6.07) is 8.86. The maximum atomic E-state index is 13.5. The minimum absolute atomic E-state index is 0.00689. The number of aromatic nitrogens is 2. The monoisotopic (exact) mass is 550 g/mol. The van der Waals surface area contributed by atoms with E-state index < -0.39 is 22.9 Å². The number of hydrogen-bond donors (Lipinski definition) is 0. The van der Waals surface area contributed by atoms with Crippen LogP contribution in [-0.4, -0.2) is 57.1 Å². The largest absolute Gasteiger partial charge is 0.416 e. The Morgan fingerprint density at radius 3 is 2.65 bits per heavy atom. The number of hydroxylamine groups is 2. The highest BCUT2D eigenvalue weighted by Crippen LogP contribution is 2.35. The van der Waals surface area contributed by atoms with Crippen LogP contribution in [0.1, 0.15) is 29.5 Å². The SMILES string of the molecule is O=C1S/C(=C\c2ccc3c(cnn3Cc3ccc(Cl)cc3C(F)(F)F)c2)C(=O)N1OCCN1CCCC1. The summed E-state index contributed by atoms with van der Waals surface area (Å²) in [5.41, 5.74) is 0.513. The van der Waals surface area contributed by atoms with Gasteiger partial charge in [-0.3, -0.25) is 19.1 Å². The van der Waals surface area contributed by atoms with Gasteiger partial charge in [-0.25, -0.2) is 0 Å². The first-order valence-electron chi connectivity index (χ1n) is 11.6. The summed E-state index contributed by atoms with van der Waals surface area (Å²) in [5.74, 6) is -0.519. The first-order valence-corrected chi connectivity index (χ1v) is 12.8. The number of alkyl halides is 3. The van der Waals surface area contributed by atoms with Crippen molar-refractivity contribution in [2.75, 3.05) is 26.2 Å². The molecule has 0 saturated carbocycles. The van der Waals surface area contributed by atoms with Gasteiger partial charge in [0.1, 0.15) is 0 Å². The molecule has 7 nitrogen and oxygen atoms in total. The van der Waals surface area contributed by atoms with Gasteiger partial charge >= 0.3 is 11.4 Å². The highest BCUT2D eigenvalue weighted by Gasteiger charge is 2.37. The molecule has 3 heterocycles. The molecule has 37 heavy (non-hydrogen) atoms. The van der Waals surface area contributed by atoms with E-state index in [0.29, 0.717) is 23.0 Å². The fraction of sp³-hybridized carbons (Fsp3) is 0.320. The number of amides is 2. The molecule has 0 spiro atoms. The molecule has 0 unspecified atom stereocenters. The van der Waals surface area contributed by atoms with E-state index in [0.717, 1.165) is 48.8 Å². The predicted molar refractivity (Wildman–Crippen MR) is 135 cm³/mol. The smallest absolute Gasteiger partial charge is 0.301 e. The number of halogens is 4. The number of likely N-dealkylation sites (tertiary alicyclic amines) is 1. The lowest BCUT2D eigenvalue weighted by Crippen LogP contribution is -2.32. The van der Waals surface area contributed by atoms with Crippen LogP contribution in [0.2, 0.25) is 5.02 Å². The van der Waals surface area contributed by atoms with E-state index in [2.05, 4.69) is 10.00 Å². The topological polar surface area (TPSA) is 67.7 Å². The molecule has 0 aliphatic carbocycles. The van der Waals surface area contributed by atoms with Gasteiger partial charge in [0, 0.05) is 17.0 Å². The average Bonchev–Trinajstić information content (AvgIpc) is 3.56. The Hall–Kier alpha value is -2.86. The highest BCUT2D eigenvalue weighted by molar-refractivity contribution is 8.18. The average molecular weight is 551 g/mol. The zero-order valence-corrected chi connectivity index (χ0v) is 21.1. The quantitative estimate of drug-likeness (QED) is 0.345. The number of hydrogen-bond acceptors (Lipinski definition) is 6. The number of rotatable bonds is 7. The third kappa shape index (κ3) is 5.69. The molecule has 2 aliphatic rings. The summed E-state index contributed by atoms with van der Waals surface area (Å²) in [5, 5.41) is 5.25. The van der Waals surface area contributed by atoms with Crippen LogP contribution in [0.15, 0.2) is 47.5 Å². The molecular formula is C25H22ClF3N4O3S. The van der Waals surface area contributed by atoms with Crippen LogP contribution >= 0.6 is 23.4 Å². The number of fused-ring (bicyclic) bond motifs is 1. The third-order valence-corrected chi connectivity index (χ3v) is 7.33. The van der Waals surface area contributed by atoms with Crippen molar-refractivity contribution in [1.82, 2.24) is 19.7 Å². The standard InChI is InChI=1S/C25H22ClF3N4O3S/c26-19-5-4-17(20(13-19)25(27,28)29)15-32-21-6-3-16(11-18(21)14-30-32)12-22-23(34)33(24(35)37-22)36-10-9-31-7-1-2-8-31/h3-6,11-14H,1-2,7-10,15H2/b22-12-. The van der Waals surface area contributed by atoms with Gasteiger partial charge in [0.05, 0.1) is 35.3 Å². The Morgan fingerprint density at radius 1 is 1.11 bits per heavy atom. The van der Waals surface area contributed by atoms with Crippen molar-refractivity contribution in [2.45, 2.75) is 25.6 Å². The molecule has 2 saturated heterocycles. The van der Waals surface area contributed by atoms with E-state index in [4.69, 9.17) is 16.4 Å². The van der Waals surface area contributed by atoms with Gasteiger partial charge < -0.3 is 4.90 Å². The summed E-state index contributed by atoms with van der Waals surface area (Å²) >= 11 is 6.58. The van der Waals surface area contributed by atoms with Crippen molar-refractivity contribution in [2.24, 2.45) is 0 Å². The second-order valence-corrected chi connectivity index (χ2v) is 10.2. The van der Waals surface area contributed by atoms with Crippen molar-refractivity contribution in [1.29, 1.82) is 0 Å². The van der Waals surface area contributed by atoms with Gasteiger partial charge in [-0.15, -0.1) is 5.06 Å². The Labute approximate surface area is 219 Å². The number of carbonyl (C=O) groups excluding carboxylic acids is 2. The second kappa shape index (κ2) is 10.5. The van der Waals surface area contributed by atoms with E-state index in [-0.39, 0.29) is 28.6 Å². The molecule has 0 atom stereocenters. The van der Waals surface area contributed by atoms with Crippen molar-refractivity contribution >= 4 is 51.5 Å². The van der Waals surface area contributed by atoms with Gasteiger partial charge in [-0.1, -0.05) is 23.7 Å². The molecular weight excluding hydrogens is 529 g/mol. The Balaban J connectivity index is 1.30. The third-order valence-electron chi connectivity index (χ3n) is 6.25. The molecule has 2 aromatic carbocycles. The van der Waals surface area contributed by atoms with Crippen molar-refractivity contribution in [3.63, 3.8) is 0 Å². The molecule has 2 aliphatic heterocycles. The fourth-order valence-corrected chi connectivity index (χ4v) is 5.36. The summed E-state index contributed by atoms with van der Waals surface area (Å²) in [6.07, 6.45) is 0.874. The summed E-state index contributed by atoms with van der Waals surface area (Å²) in [4.78, 5) is 32.9. The first-order chi connectivity index (χ1) is 17.7. The van der Waals surface area contributed by atoms with Crippen LogP contribution in [0.25, 0.3) is 17.0 Å². The highest BCUT2D eigenvalue weighted by atomic mass is 35.5. The van der Waals surface area contributed by atoms with E-state index in [1.165, 1.54) is 16.8 Å². The molecule has 0 bridgehead atoms. The van der Waals surface area contributed by atoms with E-state index >= 15 is 0 Å². The summed E-state index contributed by atoms with van der Waals surface area (Å²) < 4.78 is 41.9. The zero-order valence-electron chi connectivity index (χ0n) is 19.5. The first kappa shape index (κ1) is 25.8. The van der Waals surface area contributed by atoms with Gasteiger partial charge in [-0.05, 0) is 79.2 Å². The van der Waals surface area contributed by atoms with E-state index in [1.54, 1.807) is 30.5 Å².